The predicted octanol–water partition coefficient (Wildman–Crippen LogP) is 3.90. The predicted molar refractivity (Wildman–Crippen MR) is 75.3 cm³/mol. The Balaban J connectivity index is 1.62. The van der Waals surface area contributed by atoms with Gasteiger partial charge in [0.1, 0.15) is 18.1 Å². The third-order valence-electron chi connectivity index (χ3n) is 2.75. The van der Waals surface area contributed by atoms with Crippen LogP contribution in [0.4, 0.5) is 4.39 Å². The van der Waals surface area contributed by atoms with Gasteiger partial charge in [-0.25, -0.2) is 9.18 Å². The largest absolute Gasteiger partial charge is 0.455 e. The summed E-state index contributed by atoms with van der Waals surface area (Å²) >= 11 is 1.53. The van der Waals surface area contributed by atoms with Crippen molar-refractivity contribution in [3.8, 4) is 10.6 Å². The zero-order valence-corrected chi connectivity index (χ0v) is 11.6. The fourth-order valence-electron chi connectivity index (χ4n) is 1.72. The van der Waals surface area contributed by atoms with Crippen molar-refractivity contribution < 1.29 is 18.4 Å². The SMILES string of the molecule is O=C(OCc1cc(-c2cccs2)on1)c1ccc(F)cc1. The van der Waals surface area contributed by atoms with Crippen LogP contribution in [0.5, 0.6) is 0 Å². The summed E-state index contributed by atoms with van der Waals surface area (Å²) in [5, 5.41) is 5.78. The third-order valence-corrected chi connectivity index (χ3v) is 3.64. The summed E-state index contributed by atoms with van der Waals surface area (Å²) in [5.41, 5.74) is 0.812. The van der Waals surface area contributed by atoms with E-state index in [1.54, 1.807) is 6.07 Å². The first kappa shape index (κ1) is 13.5. The number of carbonyl (C=O) groups excluding carboxylic acids is 1. The molecule has 0 aliphatic rings. The average Bonchev–Trinajstić information content (AvgIpc) is 3.16. The quantitative estimate of drug-likeness (QED) is 0.686. The molecule has 0 atom stereocenters. The lowest BCUT2D eigenvalue weighted by atomic mass is 10.2. The normalized spacial score (nSPS) is 10.5. The van der Waals surface area contributed by atoms with Crippen LogP contribution < -0.4 is 0 Å². The highest BCUT2D eigenvalue weighted by Crippen LogP contribution is 2.25. The Morgan fingerprint density at radius 2 is 2.10 bits per heavy atom. The first-order valence-electron chi connectivity index (χ1n) is 6.14. The Bertz CT molecular complexity index is 735. The lowest BCUT2D eigenvalue weighted by Gasteiger charge is -2.01. The van der Waals surface area contributed by atoms with Crippen molar-refractivity contribution in [1.29, 1.82) is 0 Å². The van der Waals surface area contributed by atoms with E-state index in [1.807, 2.05) is 17.5 Å². The highest BCUT2D eigenvalue weighted by atomic mass is 32.1. The molecule has 0 bridgehead atoms. The second-order valence-electron chi connectivity index (χ2n) is 4.24. The Morgan fingerprint density at radius 3 is 2.81 bits per heavy atom. The van der Waals surface area contributed by atoms with Crippen molar-refractivity contribution in [2.45, 2.75) is 6.61 Å². The number of benzene rings is 1. The topological polar surface area (TPSA) is 52.3 Å². The number of carbonyl (C=O) groups is 1. The number of ether oxygens (including phenoxy) is 1. The third kappa shape index (κ3) is 3.17. The van der Waals surface area contributed by atoms with Crippen LogP contribution >= 0.6 is 11.3 Å². The molecule has 0 amide bonds. The van der Waals surface area contributed by atoms with Crippen LogP contribution in [0.1, 0.15) is 16.1 Å². The molecule has 0 spiro atoms. The van der Waals surface area contributed by atoms with Crippen LogP contribution in [0.2, 0.25) is 0 Å². The number of hydrogen-bond donors (Lipinski definition) is 0. The standard InChI is InChI=1S/C15H10FNO3S/c16-11-5-3-10(4-6-11)15(18)19-9-12-8-13(20-17-12)14-2-1-7-21-14/h1-8H,9H2. The zero-order valence-electron chi connectivity index (χ0n) is 10.8. The Hall–Kier alpha value is -2.47. The van der Waals surface area contributed by atoms with Crippen molar-refractivity contribution >= 4 is 17.3 Å². The van der Waals surface area contributed by atoms with Crippen LogP contribution in [0.25, 0.3) is 10.6 Å². The van der Waals surface area contributed by atoms with E-state index in [0.29, 0.717) is 17.0 Å². The number of thiophene rings is 1. The van der Waals surface area contributed by atoms with Crippen molar-refractivity contribution in [3.63, 3.8) is 0 Å². The molecule has 106 valence electrons. The summed E-state index contributed by atoms with van der Waals surface area (Å²) in [7, 11) is 0. The van der Waals surface area contributed by atoms with E-state index in [4.69, 9.17) is 9.26 Å². The van der Waals surface area contributed by atoms with Crippen LogP contribution in [0.15, 0.2) is 52.4 Å². The lowest BCUT2D eigenvalue weighted by Crippen LogP contribution is -2.05. The average molecular weight is 303 g/mol. The number of rotatable bonds is 4. The molecule has 3 rings (SSSR count). The maximum atomic E-state index is 12.8. The molecule has 0 fully saturated rings. The van der Waals surface area contributed by atoms with Gasteiger partial charge < -0.3 is 9.26 Å². The van der Waals surface area contributed by atoms with E-state index in [0.717, 1.165) is 4.88 Å². The lowest BCUT2D eigenvalue weighted by molar-refractivity contribution is 0.0464. The molecule has 0 saturated carbocycles. The van der Waals surface area contributed by atoms with Gasteiger partial charge in [-0.05, 0) is 35.7 Å². The first-order valence-corrected chi connectivity index (χ1v) is 7.02. The van der Waals surface area contributed by atoms with Crippen molar-refractivity contribution in [3.05, 3.63) is 64.9 Å². The fourth-order valence-corrected chi connectivity index (χ4v) is 2.40. The second kappa shape index (κ2) is 5.88. The minimum absolute atomic E-state index is 0.00504. The van der Waals surface area contributed by atoms with E-state index in [2.05, 4.69) is 5.16 Å². The molecule has 2 aromatic heterocycles. The van der Waals surface area contributed by atoms with E-state index in [-0.39, 0.29) is 6.61 Å². The van der Waals surface area contributed by atoms with Crippen LogP contribution in [0, 0.1) is 5.82 Å². The summed E-state index contributed by atoms with van der Waals surface area (Å²) in [4.78, 5) is 12.7. The zero-order chi connectivity index (χ0) is 14.7. The number of nitrogens with zero attached hydrogens (tertiary/aromatic N) is 1. The molecular formula is C15H10FNO3S. The van der Waals surface area contributed by atoms with E-state index in [9.17, 15) is 9.18 Å². The molecule has 0 aliphatic carbocycles. The van der Waals surface area contributed by atoms with Gasteiger partial charge in [-0.15, -0.1) is 11.3 Å². The van der Waals surface area contributed by atoms with Gasteiger partial charge in [0.05, 0.1) is 10.4 Å². The minimum Gasteiger partial charge on any atom is -0.455 e. The summed E-state index contributed by atoms with van der Waals surface area (Å²) in [6.07, 6.45) is 0. The van der Waals surface area contributed by atoms with Crippen molar-refractivity contribution in [2.75, 3.05) is 0 Å². The van der Waals surface area contributed by atoms with Gasteiger partial charge in [-0.1, -0.05) is 11.2 Å². The number of aromatic nitrogens is 1. The summed E-state index contributed by atoms with van der Waals surface area (Å²) in [6.45, 7) is 0.00504. The molecule has 0 radical (unpaired) electrons. The number of esters is 1. The molecule has 3 aromatic rings. The highest BCUT2D eigenvalue weighted by molar-refractivity contribution is 7.13. The van der Waals surface area contributed by atoms with E-state index < -0.39 is 11.8 Å². The Labute approximate surface area is 123 Å². The number of halogens is 1. The Morgan fingerprint density at radius 1 is 1.29 bits per heavy atom. The van der Waals surface area contributed by atoms with Crippen molar-refractivity contribution in [1.82, 2.24) is 5.16 Å². The smallest absolute Gasteiger partial charge is 0.338 e. The van der Waals surface area contributed by atoms with Gasteiger partial charge in [-0.3, -0.25) is 0 Å². The van der Waals surface area contributed by atoms with Gasteiger partial charge in [0, 0.05) is 6.07 Å². The van der Waals surface area contributed by atoms with Gasteiger partial charge in [0.15, 0.2) is 5.76 Å². The summed E-state index contributed by atoms with van der Waals surface area (Å²) < 4.78 is 23.1. The molecule has 6 heteroatoms. The van der Waals surface area contributed by atoms with Gasteiger partial charge >= 0.3 is 5.97 Å². The van der Waals surface area contributed by atoms with Gasteiger partial charge in [0.25, 0.3) is 0 Å². The van der Waals surface area contributed by atoms with Crippen LogP contribution in [0.3, 0.4) is 0 Å². The van der Waals surface area contributed by atoms with Crippen molar-refractivity contribution in [2.24, 2.45) is 0 Å². The van der Waals surface area contributed by atoms with E-state index >= 15 is 0 Å². The highest BCUT2D eigenvalue weighted by Gasteiger charge is 2.11. The minimum atomic E-state index is -0.532. The molecule has 4 nitrogen and oxygen atoms in total. The fraction of sp³-hybridized carbons (Fsp3) is 0.0667. The molecule has 0 unspecified atom stereocenters. The number of hydrogen-bond acceptors (Lipinski definition) is 5. The molecule has 21 heavy (non-hydrogen) atoms. The van der Waals surface area contributed by atoms with Crippen LogP contribution in [-0.4, -0.2) is 11.1 Å². The second-order valence-corrected chi connectivity index (χ2v) is 5.19. The Kier molecular flexibility index (Phi) is 3.79. The molecule has 0 aliphatic heterocycles. The maximum Gasteiger partial charge on any atom is 0.338 e. The molecule has 2 heterocycles. The summed E-state index contributed by atoms with van der Waals surface area (Å²) in [5.74, 6) is -0.294. The van der Waals surface area contributed by atoms with Gasteiger partial charge in [-0.2, -0.15) is 0 Å². The molecule has 0 N–H and O–H groups in total. The van der Waals surface area contributed by atoms with E-state index in [1.165, 1.54) is 35.6 Å². The van der Waals surface area contributed by atoms with Crippen LogP contribution in [-0.2, 0) is 11.3 Å². The molecule has 0 saturated heterocycles. The molecular weight excluding hydrogens is 293 g/mol. The molecule has 1 aromatic carbocycles. The monoisotopic (exact) mass is 303 g/mol. The van der Waals surface area contributed by atoms with Gasteiger partial charge in [0.2, 0.25) is 0 Å². The maximum absolute atomic E-state index is 12.8. The summed E-state index contributed by atoms with van der Waals surface area (Å²) in [6, 6.07) is 10.7. The first-order chi connectivity index (χ1) is 10.2.